The second-order valence-corrected chi connectivity index (χ2v) is 10.8. The van der Waals surface area contributed by atoms with Crippen LogP contribution in [0, 0.1) is 5.92 Å². The van der Waals surface area contributed by atoms with E-state index in [4.69, 9.17) is 13.8 Å². The van der Waals surface area contributed by atoms with E-state index in [0.717, 1.165) is 32.4 Å². The van der Waals surface area contributed by atoms with E-state index in [1.165, 1.54) is 70.6 Å². The van der Waals surface area contributed by atoms with Crippen molar-refractivity contribution in [3.05, 3.63) is 0 Å². The second-order valence-electron chi connectivity index (χ2n) is 9.80. The number of hydrogen-bond donors (Lipinski definition) is 1. The molecule has 2 atom stereocenters. The molecule has 0 aromatic heterocycles. The van der Waals surface area contributed by atoms with E-state index in [1.807, 2.05) is 21.0 Å². The Bertz CT molecular complexity index is 439. The molecule has 2 unspecified atom stereocenters. The zero-order valence-corrected chi connectivity index (χ0v) is 23.8. The lowest BCUT2D eigenvalue weighted by atomic mass is 10.0. The van der Waals surface area contributed by atoms with Gasteiger partial charge in [-0.3, -0.25) is 4.79 Å². The van der Waals surface area contributed by atoms with Gasteiger partial charge >= 0.3 is 8.60 Å². The number of hydrogen-bond acceptors (Lipinski definition) is 6. The maximum atomic E-state index is 11.9. The molecule has 0 saturated heterocycles. The third-order valence-corrected chi connectivity index (χ3v) is 6.80. The Balaban J connectivity index is 3.77. The summed E-state index contributed by atoms with van der Waals surface area (Å²) < 4.78 is 16.7. The first-order chi connectivity index (χ1) is 16.5. The third-order valence-electron chi connectivity index (χ3n) is 6.03. The summed E-state index contributed by atoms with van der Waals surface area (Å²) in [6.45, 7) is 7.16. The molecule has 0 aromatic carbocycles. The molecule has 1 N–H and O–H groups in total. The van der Waals surface area contributed by atoms with Crippen LogP contribution in [0.2, 0.25) is 0 Å². The van der Waals surface area contributed by atoms with E-state index in [9.17, 15) is 9.69 Å². The van der Waals surface area contributed by atoms with Crippen LogP contribution in [-0.4, -0.2) is 62.6 Å². The monoisotopic (exact) mass is 505 g/mol. The number of Topliss-reactive ketones (excluding diaryl/α,β-unsaturated/α-hetero) is 1. The highest BCUT2D eigenvalue weighted by molar-refractivity contribution is 7.40. The Labute approximate surface area is 212 Å². The molecular formula is C27H56NO5P. The lowest BCUT2D eigenvalue weighted by Gasteiger charge is -2.18. The van der Waals surface area contributed by atoms with Crippen LogP contribution in [0.25, 0.3) is 0 Å². The maximum absolute atomic E-state index is 11.9. The van der Waals surface area contributed by atoms with Gasteiger partial charge in [0, 0.05) is 25.4 Å². The molecular weight excluding hydrogens is 449 g/mol. The van der Waals surface area contributed by atoms with Crippen LogP contribution < -0.4 is 0 Å². The summed E-state index contributed by atoms with van der Waals surface area (Å²) in [6.07, 6.45) is 18.8. The van der Waals surface area contributed by atoms with Gasteiger partial charge in [0.25, 0.3) is 0 Å². The Morgan fingerprint density at radius 1 is 0.765 bits per heavy atom. The van der Waals surface area contributed by atoms with Crippen molar-refractivity contribution in [2.75, 3.05) is 47.1 Å². The van der Waals surface area contributed by atoms with Gasteiger partial charge in [-0.25, -0.2) is 0 Å². The Kier molecular flexibility index (Phi) is 25.9. The van der Waals surface area contributed by atoms with E-state index in [2.05, 4.69) is 11.8 Å². The molecule has 34 heavy (non-hydrogen) atoms. The standard InChI is InChI=1S/C27H56NO5P/c1-5-7-8-9-10-11-12-13-14-15-16-18-21-31-24-26(23-27(29)6-2)25-33-34(30)32-22-19-17-20-28(3)4/h26,30H,5-25H2,1-4H3. The van der Waals surface area contributed by atoms with Crippen LogP contribution in [0.5, 0.6) is 0 Å². The van der Waals surface area contributed by atoms with Crippen molar-refractivity contribution in [3.8, 4) is 0 Å². The van der Waals surface area contributed by atoms with Crippen LogP contribution in [0.4, 0.5) is 0 Å². The molecule has 0 aliphatic carbocycles. The predicted molar refractivity (Wildman–Crippen MR) is 144 cm³/mol. The fraction of sp³-hybridized carbons (Fsp3) is 0.963. The summed E-state index contributed by atoms with van der Waals surface area (Å²) in [5, 5.41) is 0. The first kappa shape index (κ1) is 33.9. The van der Waals surface area contributed by atoms with Crippen LogP contribution >= 0.6 is 8.60 Å². The largest absolute Gasteiger partial charge is 0.381 e. The zero-order valence-electron chi connectivity index (χ0n) is 22.9. The number of ether oxygens (including phenoxy) is 1. The van der Waals surface area contributed by atoms with Crippen molar-refractivity contribution in [2.24, 2.45) is 5.92 Å². The summed E-state index contributed by atoms with van der Waals surface area (Å²) in [4.78, 5) is 24.0. The van der Waals surface area contributed by atoms with E-state index in [0.29, 0.717) is 32.7 Å². The molecule has 0 amide bonds. The van der Waals surface area contributed by atoms with Crippen molar-refractivity contribution in [3.63, 3.8) is 0 Å². The number of rotatable bonds is 27. The summed E-state index contributed by atoms with van der Waals surface area (Å²) in [7, 11) is 2.19. The van der Waals surface area contributed by atoms with Crippen molar-refractivity contribution in [1.82, 2.24) is 4.90 Å². The molecule has 6 nitrogen and oxygen atoms in total. The second kappa shape index (κ2) is 26.0. The maximum Gasteiger partial charge on any atom is 0.329 e. The summed E-state index contributed by atoms with van der Waals surface area (Å²) >= 11 is 0. The molecule has 0 heterocycles. The Morgan fingerprint density at radius 2 is 1.32 bits per heavy atom. The fourth-order valence-electron chi connectivity index (χ4n) is 3.81. The average molecular weight is 506 g/mol. The molecule has 0 spiro atoms. The quantitative estimate of drug-likeness (QED) is 0.0934. The third kappa shape index (κ3) is 25.0. The van der Waals surface area contributed by atoms with Gasteiger partial charge in [0.05, 0.1) is 19.8 Å². The lowest BCUT2D eigenvalue weighted by molar-refractivity contribution is -0.120. The smallest absolute Gasteiger partial charge is 0.329 e. The van der Waals surface area contributed by atoms with Gasteiger partial charge in [-0.1, -0.05) is 84.5 Å². The molecule has 204 valence electrons. The highest BCUT2D eigenvalue weighted by Crippen LogP contribution is 2.34. The number of nitrogens with zero attached hydrogens (tertiary/aromatic N) is 1. The first-order valence-corrected chi connectivity index (χ1v) is 15.1. The van der Waals surface area contributed by atoms with Crippen LogP contribution in [-0.2, 0) is 18.6 Å². The van der Waals surface area contributed by atoms with Gasteiger partial charge in [-0.2, -0.15) is 0 Å². The zero-order chi connectivity index (χ0) is 25.3. The van der Waals surface area contributed by atoms with E-state index >= 15 is 0 Å². The summed E-state index contributed by atoms with van der Waals surface area (Å²) in [6, 6.07) is 0. The minimum absolute atomic E-state index is 0.0285. The highest BCUT2D eigenvalue weighted by atomic mass is 31.2. The summed E-state index contributed by atoms with van der Waals surface area (Å²) in [5.74, 6) is 0.175. The predicted octanol–water partition coefficient (Wildman–Crippen LogP) is 7.28. The van der Waals surface area contributed by atoms with E-state index in [1.54, 1.807) is 0 Å². The van der Waals surface area contributed by atoms with E-state index in [-0.39, 0.29) is 11.7 Å². The first-order valence-electron chi connectivity index (χ1n) is 14.0. The van der Waals surface area contributed by atoms with Gasteiger partial charge in [0.2, 0.25) is 0 Å². The van der Waals surface area contributed by atoms with Gasteiger partial charge in [-0.05, 0) is 39.9 Å². The van der Waals surface area contributed by atoms with Gasteiger partial charge < -0.3 is 23.6 Å². The van der Waals surface area contributed by atoms with Crippen molar-refractivity contribution in [1.29, 1.82) is 0 Å². The molecule has 0 radical (unpaired) electrons. The minimum atomic E-state index is -1.89. The van der Waals surface area contributed by atoms with Crippen LogP contribution in [0.3, 0.4) is 0 Å². The number of carbonyl (C=O) groups excluding carboxylic acids is 1. The van der Waals surface area contributed by atoms with Gasteiger partial charge in [0.15, 0.2) is 0 Å². The number of carbonyl (C=O) groups is 1. The topological polar surface area (TPSA) is 68.2 Å². The van der Waals surface area contributed by atoms with Gasteiger partial charge in [0.1, 0.15) is 5.78 Å². The lowest BCUT2D eigenvalue weighted by Crippen LogP contribution is -2.19. The highest BCUT2D eigenvalue weighted by Gasteiger charge is 2.17. The minimum Gasteiger partial charge on any atom is -0.381 e. The fourth-order valence-corrected chi connectivity index (χ4v) is 4.50. The summed E-state index contributed by atoms with van der Waals surface area (Å²) in [5.41, 5.74) is 0. The Hall–Kier alpha value is -0.100. The van der Waals surface area contributed by atoms with Crippen LogP contribution in [0.1, 0.15) is 117 Å². The van der Waals surface area contributed by atoms with Gasteiger partial charge in [-0.15, -0.1) is 0 Å². The molecule has 0 rings (SSSR count). The SMILES string of the molecule is CCCCCCCCCCCCCCOCC(COP(O)OCCCCN(C)C)CC(=O)CC. The molecule has 0 fully saturated rings. The molecule has 0 bridgehead atoms. The normalized spacial score (nSPS) is 13.5. The average Bonchev–Trinajstić information content (AvgIpc) is 2.81. The van der Waals surface area contributed by atoms with E-state index < -0.39 is 8.60 Å². The molecule has 0 aliphatic heterocycles. The molecule has 0 aromatic rings. The van der Waals surface area contributed by atoms with Crippen molar-refractivity contribution >= 4 is 14.4 Å². The number of ketones is 1. The van der Waals surface area contributed by atoms with Crippen molar-refractivity contribution in [2.45, 2.75) is 117 Å². The van der Waals surface area contributed by atoms with Crippen molar-refractivity contribution < 1.29 is 23.5 Å². The number of unbranched alkanes of at least 4 members (excludes halogenated alkanes) is 12. The molecule has 0 aliphatic rings. The molecule has 0 saturated carbocycles. The van der Waals surface area contributed by atoms with Crippen LogP contribution in [0.15, 0.2) is 0 Å². The Morgan fingerprint density at radius 3 is 1.88 bits per heavy atom. The molecule has 7 heteroatoms.